The third-order valence-electron chi connectivity index (χ3n) is 5.13. The largest absolute Gasteiger partial charge is 0.379 e. The van der Waals surface area contributed by atoms with Gasteiger partial charge in [0.1, 0.15) is 0 Å². The molecule has 4 nitrogen and oxygen atoms in total. The van der Waals surface area contributed by atoms with Gasteiger partial charge in [0.05, 0.1) is 12.0 Å². The molecule has 0 spiro atoms. The summed E-state index contributed by atoms with van der Waals surface area (Å²) in [5, 5.41) is 6.28. The first-order valence-electron chi connectivity index (χ1n) is 10.3. The molecule has 0 aliphatic carbocycles. The van der Waals surface area contributed by atoms with Crippen LogP contribution in [0.5, 0.6) is 0 Å². The van der Waals surface area contributed by atoms with Gasteiger partial charge in [-0.05, 0) is 6.42 Å². The van der Waals surface area contributed by atoms with Crippen molar-refractivity contribution >= 4 is 5.91 Å². The summed E-state index contributed by atoms with van der Waals surface area (Å²) < 4.78 is 5.34. The lowest BCUT2D eigenvalue weighted by atomic mass is 10.0. The number of rotatable bonds is 15. The maximum atomic E-state index is 12.1. The van der Waals surface area contributed by atoms with Gasteiger partial charge in [0.25, 0.3) is 0 Å². The first-order chi connectivity index (χ1) is 11.8. The van der Waals surface area contributed by atoms with Gasteiger partial charge in [-0.2, -0.15) is 0 Å². The minimum absolute atomic E-state index is 0.0210. The first-order valence-corrected chi connectivity index (χ1v) is 10.3. The van der Waals surface area contributed by atoms with E-state index in [4.69, 9.17) is 4.74 Å². The predicted molar refractivity (Wildman–Crippen MR) is 101 cm³/mol. The minimum Gasteiger partial charge on any atom is -0.379 e. The fraction of sp³-hybridized carbons (Fsp3) is 0.950. The Balaban J connectivity index is 1.83. The quantitative estimate of drug-likeness (QED) is 0.442. The summed E-state index contributed by atoms with van der Waals surface area (Å²) in [6.45, 7) is 4.60. The number of hydrogen-bond acceptors (Lipinski definition) is 3. The van der Waals surface area contributed by atoms with Crippen LogP contribution in [0.15, 0.2) is 0 Å². The van der Waals surface area contributed by atoms with E-state index in [0.717, 1.165) is 26.1 Å². The van der Waals surface area contributed by atoms with E-state index in [2.05, 4.69) is 17.6 Å². The van der Waals surface area contributed by atoms with E-state index in [0.29, 0.717) is 0 Å². The second-order valence-corrected chi connectivity index (χ2v) is 7.22. The fourth-order valence-electron chi connectivity index (χ4n) is 3.47. The molecule has 0 bridgehead atoms. The van der Waals surface area contributed by atoms with Gasteiger partial charge in [0.15, 0.2) is 0 Å². The fourth-order valence-corrected chi connectivity index (χ4v) is 3.47. The third-order valence-corrected chi connectivity index (χ3v) is 5.13. The second kappa shape index (κ2) is 14.7. The molecule has 1 heterocycles. The summed E-state index contributed by atoms with van der Waals surface area (Å²) in [6.07, 6.45) is 16.2. The molecule has 2 unspecified atom stereocenters. The molecule has 2 atom stereocenters. The van der Waals surface area contributed by atoms with E-state index >= 15 is 0 Å². The van der Waals surface area contributed by atoms with Crippen molar-refractivity contribution in [3.63, 3.8) is 0 Å². The first kappa shape index (κ1) is 21.4. The molecule has 1 rings (SSSR count). The highest BCUT2D eigenvalue weighted by Crippen LogP contribution is 2.13. The van der Waals surface area contributed by atoms with E-state index in [-0.39, 0.29) is 17.9 Å². The lowest BCUT2D eigenvalue weighted by Gasteiger charge is -2.16. The summed E-state index contributed by atoms with van der Waals surface area (Å²) in [5.41, 5.74) is 0. The van der Waals surface area contributed by atoms with Gasteiger partial charge in [0, 0.05) is 26.7 Å². The van der Waals surface area contributed by atoms with Crippen LogP contribution in [-0.2, 0) is 9.53 Å². The molecule has 2 N–H and O–H groups in total. The average molecular weight is 341 g/mol. The van der Waals surface area contributed by atoms with Crippen LogP contribution in [0.3, 0.4) is 0 Å². The zero-order valence-electron chi connectivity index (χ0n) is 16.1. The van der Waals surface area contributed by atoms with Gasteiger partial charge in [-0.15, -0.1) is 0 Å². The Morgan fingerprint density at radius 2 is 1.46 bits per heavy atom. The van der Waals surface area contributed by atoms with E-state index in [1.807, 2.05) is 0 Å². The molecule has 0 radical (unpaired) electrons. The van der Waals surface area contributed by atoms with Crippen LogP contribution >= 0.6 is 0 Å². The molecule has 142 valence electrons. The van der Waals surface area contributed by atoms with Crippen LogP contribution in [0.1, 0.15) is 84.0 Å². The second-order valence-electron chi connectivity index (χ2n) is 7.22. The van der Waals surface area contributed by atoms with Gasteiger partial charge in [-0.25, -0.2) is 0 Å². The van der Waals surface area contributed by atoms with E-state index in [9.17, 15) is 4.79 Å². The van der Waals surface area contributed by atoms with Gasteiger partial charge in [-0.1, -0.05) is 77.6 Å². The monoisotopic (exact) mass is 340 g/mol. The molecule has 0 aromatic carbocycles. The molecular weight excluding hydrogens is 300 g/mol. The molecule has 0 aromatic rings. The summed E-state index contributed by atoms with van der Waals surface area (Å²) in [7, 11) is 1.68. The number of unbranched alkanes of at least 4 members (excludes halogenated alkanes) is 11. The number of carbonyl (C=O) groups is 1. The number of carbonyl (C=O) groups excluding carboxylic acids is 1. The molecule has 4 heteroatoms. The van der Waals surface area contributed by atoms with Crippen molar-refractivity contribution in [3.8, 4) is 0 Å². The van der Waals surface area contributed by atoms with E-state index in [1.54, 1.807) is 7.11 Å². The van der Waals surface area contributed by atoms with E-state index in [1.165, 1.54) is 70.6 Å². The number of ether oxygens (including phenoxy) is 1. The van der Waals surface area contributed by atoms with Crippen molar-refractivity contribution in [2.45, 2.75) is 90.1 Å². The average Bonchev–Trinajstić information content (AvgIpc) is 3.07. The Morgan fingerprint density at radius 3 is 2.00 bits per heavy atom. The smallest absolute Gasteiger partial charge is 0.227 e. The SMILES string of the molecule is CCCCCCCCCCCCCCNC(=O)C1CNCC1OC. The molecular formula is C20H40N2O2. The zero-order chi connectivity index (χ0) is 17.5. The van der Waals surface area contributed by atoms with Gasteiger partial charge >= 0.3 is 0 Å². The predicted octanol–water partition coefficient (Wildman–Crippen LogP) is 4.04. The highest BCUT2D eigenvalue weighted by molar-refractivity contribution is 5.79. The number of methoxy groups -OCH3 is 1. The van der Waals surface area contributed by atoms with Crippen LogP contribution in [0.2, 0.25) is 0 Å². The molecule has 1 fully saturated rings. The molecule has 1 saturated heterocycles. The van der Waals surface area contributed by atoms with Crippen LogP contribution < -0.4 is 10.6 Å². The molecule has 1 aliphatic rings. The number of hydrogen-bond donors (Lipinski definition) is 2. The van der Waals surface area contributed by atoms with Crippen LogP contribution in [0.25, 0.3) is 0 Å². The van der Waals surface area contributed by atoms with Gasteiger partial charge < -0.3 is 15.4 Å². The van der Waals surface area contributed by atoms with Crippen molar-refractivity contribution in [2.75, 3.05) is 26.7 Å². The van der Waals surface area contributed by atoms with Gasteiger partial charge in [0.2, 0.25) is 5.91 Å². The number of nitrogens with one attached hydrogen (secondary N) is 2. The molecule has 1 amide bonds. The molecule has 0 aromatic heterocycles. The Morgan fingerprint density at radius 1 is 0.917 bits per heavy atom. The Hall–Kier alpha value is -0.610. The molecule has 24 heavy (non-hydrogen) atoms. The molecule has 1 aliphatic heterocycles. The van der Waals surface area contributed by atoms with Crippen molar-refractivity contribution < 1.29 is 9.53 Å². The zero-order valence-corrected chi connectivity index (χ0v) is 16.1. The Labute approximate surface area is 149 Å². The van der Waals surface area contributed by atoms with Crippen molar-refractivity contribution in [1.82, 2.24) is 10.6 Å². The maximum absolute atomic E-state index is 12.1. The van der Waals surface area contributed by atoms with Crippen molar-refractivity contribution in [2.24, 2.45) is 5.92 Å². The lowest BCUT2D eigenvalue weighted by molar-refractivity contribution is -0.127. The van der Waals surface area contributed by atoms with Crippen molar-refractivity contribution in [1.29, 1.82) is 0 Å². The highest BCUT2D eigenvalue weighted by atomic mass is 16.5. The Kier molecular flexibility index (Phi) is 13.1. The highest BCUT2D eigenvalue weighted by Gasteiger charge is 2.32. The summed E-state index contributed by atoms with van der Waals surface area (Å²) >= 11 is 0. The standard InChI is InChI=1S/C20H40N2O2/c1-3-4-5-6-7-8-9-10-11-12-13-14-15-22-20(23)18-16-21-17-19(18)24-2/h18-19,21H,3-17H2,1-2H3,(H,22,23). The normalized spacial score (nSPS) is 20.4. The van der Waals surface area contributed by atoms with Crippen LogP contribution in [0, 0.1) is 5.92 Å². The van der Waals surface area contributed by atoms with Gasteiger partial charge in [-0.3, -0.25) is 4.79 Å². The number of amides is 1. The summed E-state index contributed by atoms with van der Waals surface area (Å²) in [5.74, 6) is 0.127. The topological polar surface area (TPSA) is 50.4 Å². The van der Waals surface area contributed by atoms with Crippen LogP contribution in [-0.4, -0.2) is 38.8 Å². The summed E-state index contributed by atoms with van der Waals surface area (Å²) in [4.78, 5) is 12.1. The summed E-state index contributed by atoms with van der Waals surface area (Å²) in [6, 6.07) is 0. The lowest BCUT2D eigenvalue weighted by Crippen LogP contribution is -2.38. The minimum atomic E-state index is -0.0210. The third kappa shape index (κ3) is 9.63. The van der Waals surface area contributed by atoms with Crippen molar-refractivity contribution in [3.05, 3.63) is 0 Å². The Bertz CT molecular complexity index is 310. The maximum Gasteiger partial charge on any atom is 0.227 e. The molecule has 0 saturated carbocycles. The van der Waals surface area contributed by atoms with E-state index < -0.39 is 0 Å². The van der Waals surface area contributed by atoms with Crippen LogP contribution in [0.4, 0.5) is 0 Å².